The molecule has 0 aromatic heterocycles. The number of nitrogens with two attached hydrogens (primary N) is 1. The van der Waals surface area contributed by atoms with E-state index >= 15 is 0 Å². The van der Waals surface area contributed by atoms with Gasteiger partial charge in [-0.25, -0.2) is 0 Å². The van der Waals surface area contributed by atoms with E-state index < -0.39 is 0 Å². The van der Waals surface area contributed by atoms with Crippen LogP contribution in [0, 0.1) is 3.57 Å². The highest BCUT2D eigenvalue weighted by Crippen LogP contribution is 2.24. The van der Waals surface area contributed by atoms with Gasteiger partial charge in [0.05, 0.1) is 22.0 Å². The maximum absolute atomic E-state index is 12.1. The van der Waals surface area contributed by atoms with Gasteiger partial charge in [-0.3, -0.25) is 4.79 Å². The lowest BCUT2D eigenvalue weighted by molar-refractivity contribution is 0.102. The molecular formula is C13H10ClIN2O. The Labute approximate surface area is 123 Å². The van der Waals surface area contributed by atoms with Crippen LogP contribution < -0.4 is 11.1 Å². The molecule has 18 heavy (non-hydrogen) atoms. The Hall–Kier alpha value is -1.27. The van der Waals surface area contributed by atoms with Crippen LogP contribution in [0.25, 0.3) is 0 Å². The average Bonchev–Trinajstić information content (AvgIpc) is 2.35. The summed E-state index contributed by atoms with van der Waals surface area (Å²) in [5.74, 6) is -0.265. The Bertz CT molecular complexity index is 601. The van der Waals surface area contributed by atoms with Crippen LogP contribution in [0.15, 0.2) is 42.5 Å². The van der Waals surface area contributed by atoms with Gasteiger partial charge in [-0.2, -0.15) is 0 Å². The summed E-state index contributed by atoms with van der Waals surface area (Å²) in [5, 5.41) is 3.19. The molecule has 3 N–H and O–H groups in total. The molecule has 0 aliphatic heterocycles. The number of carbonyl (C=O) groups is 1. The third-order valence-corrected chi connectivity index (χ3v) is 3.69. The van der Waals surface area contributed by atoms with Gasteiger partial charge < -0.3 is 11.1 Å². The van der Waals surface area contributed by atoms with Crippen LogP contribution in [0.1, 0.15) is 10.4 Å². The fourth-order valence-electron chi connectivity index (χ4n) is 1.49. The minimum Gasteiger partial charge on any atom is -0.397 e. The summed E-state index contributed by atoms with van der Waals surface area (Å²) in [5.41, 5.74) is 7.20. The second-order valence-electron chi connectivity index (χ2n) is 3.64. The van der Waals surface area contributed by atoms with Crippen molar-refractivity contribution in [2.75, 3.05) is 11.1 Å². The number of anilines is 2. The zero-order valence-corrected chi connectivity index (χ0v) is 12.2. The van der Waals surface area contributed by atoms with Gasteiger partial charge in [0, 0.05) is 3.57 Å². The van der Waals surface area contributed by atoms with Crippen molar-refractivity contribution in [3.05, 3.63) is 56.6 Å². The first-order valence-electron chi connectivity index (χ1n) is 5.19. The van der Waals surface area contributed by atoms with E-state index in [1.54, 1.807) is 18.2 Å². The summed E-state index contributed by atoms with van der Waals surface area (Å²) in [6, 6.07) is 12.5. The zero-order valence-electron chi connectivity index (χ0n) is 9.28. The van der Waals surface area contributed by atoms with Crippen LogP contribution in [-0.4, -0.2) is 5.91 Å². The number of para-hydroxylation sites is 2. The Morgan fingerprint density at radius 3 is 2.61 bits per heavy atom. The lowest BCUT2D eigenvalue weighted by atomic mass is 10.1. The van der Waals surface area contributed by atoms with E-state index in [9.17, 15) is 4.79 Å². The summed E-state index contributed by atoms with van der Waals surface area (Å²) < 4.78 is 0.962. The molecule has 0 unspecified atom stereocenters. The second-order valence-corrected chi connectivity index (χ2v) is 5.20. The van der Waals surface area contributed by atoms with Gasteiger partial charge in [-0.1, -0.05) is 29.8 Å². The number of hydrogen-bond donors (Lipinski definition) is 2. The number of carbonyl (C=O) groups excluding carboxylic acids is 1. The van der Waals surface area contributed by atoms with Gasteiger partial charge in [0.15, 0.2) is 0 Å². The smallest absolute Gasteiger partial charge is 0.257 e. The number of halogens is 2. The quantitative estimate of drug-likeness (QED) is 0.623. The van der Waals surface area contributed by atoms with Crippen LogP contribution in [-0.2, 0) is 0 Å². The highest BCUT2D eigenvalue weighted by Gasteiger charge is 2.12. The minimum atomic E-state index is -0.265. The van der Waals surface area contributed by atoms with Crippen molar-refractivity contribution in [3.8, 4) is 0 Å². The normalized spacial score (nSPS) is 10.1. The number of nitrogen functional groups attached to an aromatic ring is 1. The highest BCUT2D eigenvalue weighted by atomic mass is 127. The average molecular weight is 373 g/mol. The van der Waals surface area contributed by atoms with E-state index in [4.69, 9.17) is 17.3 Å². The summed E-state index contributed by atoms with van der Waals surface area (Å²) in [6.07, 6.45) is 0. The van der Waals surface area contributed by atoms with E-state index in [1.807, 2.05) is 24.3 Å². The molecule has 0 atom stereocenters. The van der Waals surface area contributed by atoms with Gasteiger partial charge in [0.25, 0.3) is 5.91 Å². The molecule has 92 valence electrons. The third-order valence-electron chi connectivity index (χ3n) is 2.42. The molecule has 0 aliphatic rings. The Morgan fingerprint density at radius 1 is 1.17 bits per heavy atom. The number of nitrogens with one attached hydrogen (secondary N) is 1. The van der Waals surface area contributed by atoms with Gasteiger partial charge >= 0.3 is 0 Å². The van der Waals surface area contributed by atoms with Crippen LogP contribution in [0.4, 0.5) is 11.4 Å². The van der Waals surface area contributed by atoms with Crippen molar-refractivity contribution >= 4 is 51.5 Å². The first kappa shape index (κ1) is 13.2. The third kappa shape index (κ3) is 2.76. The number of hydrogen-bond acceptors (Lipinski definition) is 2. The van der Waals surface area contributed by atoms with Crippen LogP contribution in [0.2, 0.25) is 5.02 Å². The summed E-state index contributed by atoms with van der Waals surface area (Å²) in [7, 11) is 0. The molecule has 2 aromatic carbocycles. The Balaban J connectivity index is 2.28. The zero-order chi connectivity index (χ0) is 13.1. The maximum atomic E-state index is 12.1. The molecule has 1 amide bonds. The molecule has 0 aliphatic carbocycles. The lowest BCUT2D eigenvalue weighted by Gasteiger charge is -2.09. The molecule has 0 bridgehead atoms. The van der Waals surface area contributed by atoms with Crippen molar-refractivity contribution < 1.29 is 4.79 Å². The fraction of sp³-hybridized carbons (Fsp3) is 0. The van der Waals surface area contributed by atoms with Crippen LogP contribution in [0.5, 0.6) is 0 Å². The van der Waals surface area contributed by atoms with Gasteiger partial charge in [-0.05, 0) is 46.9 Å². The van der Waals surface area contributed by atoms with E-state index in [-0.39, 0.29) is 5.91 Å². The van der Waals surface area contributed by atoms with Crippen LogP contribution in [0.3, 0.4) is 0 Å². The van der Waals surface area contributed by atoms with E-state index in [0.29, 0.717) is 16.3 Å². The largest absolute Gasteiger partial charge is 0.397 e. The molecule has 0 heterocycles. The lowest BCUT2D eigenvalue weighted by Crippen LogP contribution is -2.14. The SMILES string of the molecule is Nc1c(Cl)cccc1C(=O)Nc1ccccc1I. The summed E-state index contributed by atoms with van der Waals surface area (Å²) in [4.78, 5) is 12.1. The molecule has 0 saturated carbocycles. The monoisotopic (exact) mass is 372 g/mol. The molecule has 0 radical (unpaired) electrons. The predicted octanol–water partition coefficient (Wildman–Crippen LogP) is 3.78. The van der Waals surface area contributed by atoms with E-state index in [2.05, 4.69) is 27.9 Å². The first-order valence-corrected chi connectivity index (χ1v) is 6.65. The first-order chi connectivity index (χ1) is 8.59. The number of benzene rings is 2. The topological polar surface area (TPSA) is 55.1 Å². The molecule has 2 rings (SSSR count). The van der Waals surface area contributed by atoms with Crippen molar-refractivity contribution in [1.29, 1.82) is 0 Å². The van der Waals surface area contributed by atoms with Gasteiger partial charge in [-0.15, -0.1) is 0 Å². The molecule has 5 heteroatoms. The van der Waals surface area contributed by atoms with E-state index in [0.717, 1.165) is 9.26 Å². The molecule has 0 spiro atoms. The minimum absolute atomic E-state index is 0.265. The Kier molecular flexibility index (Phi) is 4.08. The van der Waals surface area contributed by atoms with Gasteiger partial charge in [0.2, 0.25) is 0 Å². The highest BCUT2D eigenvalue weighted by molar-refractivity contribution is 14.1. The van der Waals surface area contributed by atoms with Crippen molar-refractivity contribution in [3.63, 3.8) is 0 Å². The molecule has 2 aromatic rings. The predicted molar refractivity (Wildman–Crippen MR) is 83.0 cm³/mol. The van der Waals surface area contributed by atoms with Crippen molar-refractivity contribution in [2.24, 2.45) is 0 Å². The second kappa shape index (κ2) is 5.58. The van der Waals surface area contributed by atoms with Crippen molar-refractivity contribution in [1.82, 2.24) is 0 Å². The summed E-state index contributed by atoms with van der Waals surface area (Å²) >= 11 is 8.04. The van der Waals surface area contributed by atoms with E-state index in [1.165, 1.54) is 0 Å². The summed E-state index contributed by atoms with van der Waals surface area (Å²) in [6.45, 7) is 0. The standard InChI is InChI=1S/C13H10ClIN2O/c14-9-5-3-4-8(12(9)16)13(18)17-11-7-2-1-6-10(11)15/h1-7H,16H2,(H,17,18). The molecular weight excluding hydrogens is 363 g/mol. The van der Waals surface area contributed by atoms with Gasteiger partial charge in [0.1, 0.15) is 0 Å². The van der Waals surface area contributed by atoms with Crippen LogP contribution >= 0.6 is 34.2 Å². The molecule has 0 saturated heterocycles. The number of rotatable bonds is 2. The van der Waals surface area contributed by atoms with Crippen molar-refractivity contribution in [2.45, 2.75) is 0 Å². The molecule has 3 nitrogen and oxygen atoms in total. The fourth-order valence-corrected chi connectivity index (χ4v) is 2.18. The molecule has 0 fully saturated rings. The number of amides is 1. The maximum Gasteiger partial charge on any atom is 0.257 e. The Morgan fingerprint density at radius 2 is 1.89 bits per heavy atom.